The maximum Gasteiger partial charge on any atom is 0.304 e. The fourth-order valence-electron chi connectivity index (χ4n) is 5.59. The maximum absolute atomic E-state index is 11.1. The van der Waals surface area contributed by atoms with Crippen molar-refractivity contribution >= 4 is 16.7 Å². The van der Waals surface area contributed by atoms with E-state index in [0.717, 1.165) is 29.9 Å². The normalized spacial score (nSPS) is 18.4. The minimum Gasteiger partial charge on any atom is -0.492 e. The van der Waals surface area contributed by atoms with Crippen molar-refractivity contribution in [3.63, 3.8) is 0 Å². The summed E-state index contributed by atoms with van der Waals surface area (Å²) in [6.07, 6.45) is 1.97. The number of carboxylic acids is 1. The molecule has 0 bridgehead atoms. The number of ether oxygens (including phenoxy) is 2. The number of aryl methyl sites for hydroxylation is 1. The van der Waals surface area contributed by atoms with E-state index in [1.807, 2.05) is 18.2 Å². The van der Waals surface area contributed by atoms with Crippen molar-refractivity contribution in [3.8, 4) is 22.6 Å². The van der Waals surface area contributed by atoms with E-state index in [1.165, 1.54) is 38.6 Å². The van der Waals surface area contributed by atoms with Crippen LogP contribution in [0.1, 0.15) is 47.1 Å². The van der Waals surface area contributed by atoms with Gasteiger partial charge in [-0.25, -0.2) is 0 Å². The number of hydrogen-bond donors (Lipinski definition) is 1. The SMILES string of the molecule is Cc1ccc2ccccc2c1-c1cccc2c1CC[C@H]2Oc1ccc2c(c1)OC[C@H]2CC(=O)O. The van der Waals surface area contributed by atoms with Crippen LogP contribution in [0.4, 0.5) is 0 Å². The van der Waals surface area contributed by atoms with Gasteiger partial charge < -0.3 is 14.6 Å². The second kappa shape index (κ2) is 8.21. The number of benzene rings is 4. The van der Waals surface area contributed by atoms with Crippen LogP contribution >= 0.6 is 0 Å². The van der Waals surface area contributed by atoms with E-state index in [9.17, 15) is 4.79 Å². The zero-order chi connectivity index (χ0) is 23.2. The van der Waals surface area contributed by atoms with E-state index >= 15 is 0 Å². The van der Waals surface area contributed by atoms with E-state index in [2.05, 4.69) is 61.5 Å². The van der Waals surface area contributed by atoms with Crippen molar-refractivity contribution < 1.29 is 19.4 Å². The van der Waals surface area contributed by atoms with Gasteiger partial charge in [-0.15, -0.1) is 0 Å². The van der Waals surface area contributed by atoms with Gasteiger partial charge >= 0.3 is 5.97 Å². The van der Waals surface area contributed by atoms with E-state index in [0.29, 0.717) is 6.61 Å². The minimum atomic E-state index is -0.804. The summed E-state index contributed by atoms with van der Waals surface area (Å²) in [5.74, 6) is 0.600. The van der Waals surface area contributed by atoms with Crippen LogP contribution in [0.15, 0.2) is 72.8 Å². The molecule has 0 spiro atoms. The van der Waals surface area contributed by atoms with Gasteiger partial charge in [-0.3, -0.25) is 4.79 Å². The Kier molecular flexibility index (Phi) is 5.02. The van der Waals surface area contributed by atoms with Crippen LogP contribution in [0.2, 0.25) is 0 Å². The average molecular weight is 451 g/mol. The molecule has 1 N–H and O–H groups in total. The Hall–Kier alpha value is -3.79. The second-order valence-corrected chi connectivity index (χ2v) is 9.30. The van der Waals surface area contributed by atoms with E-state index in [-0.39, 0.29) is 18.4 Å². The lowest BCUT2D eigenvalue weighted by Crippen LogP contribution is -2.07. The molecule has 1 aliphatic heterocycles. The number of rotatable bonds is 5. The molecule has 0 radical (unpaired) electrons. The summed E-state index contributed by atoms with van der Waals surface area (Å²) in [5.41, 5.74) is 7.46. The molecule has 4 heteroatoms. The van der Waals surface area contributed by atoms with Crippen molar-refractivity contribution in [3.05, 3.63) is 95.1 Å². The van der Waals surface area contributed by atoms with Gasteiger partial charge in [0.2, 0.25) is 0 Å². The summed E-state index contributed by atoms with van der Waals surface area (Å²) in [4.78, 5) is 11.1. The Bertz CT molecular complexity index is 1420. The monoisotopic (exact) mass is 450 g/mol. The van der Waals surface area contributed by atoms with Crippen molar-refractivity contribution in [2.75, 3.05) is 6.61 Å². The lowest BCUT2D eigenvalue weighted by molar-refractivity contribution is -0.137. The molecule has 0 saturated carbocycles. The van der Waals surface area contributed by atoms with Crippen molar-refractivity contribution in [1.29, 1.82) is 0 Å². The minimum absolute atomic E-state index is 0.0143. The zero-order valence-electron chi connectivity index (χ0n) is 19.1. The fourth-order valence-corrected chi connectivity index (χ4v) is 5.59. The zero-order valence-corrected chi connectivity index (χ0v) is 19.1. The standard InChI is InChI=1S/C30H26O4/c1-18-9-10-19-5-2-3-6-23(19)30(18)26-8-4-7-25-24(26)13-14-27(25)34-21-11-12-22-20(15-29(31)32)17-33-28(22)16-21/h2-12,16,20,27H,13-15,17H2,1H3,(H,31,32)/t20-,27-/m1/s1. The topological polar surface area (TPSA) is 55.8 Å². The molecule has 6 rings (SSSR count). The Balaban J connectivity index is 1.32. The molecular weight excluding hydrogens is 424 g/mol. The first kappa shape index (κ1) is 20.8. The van der Waals surface area contributed by atoms with Gasteiger partial charge in [-0.2, -0.15) is 0 Å². The number of hydrogen-bond acceptors (Lipinski definition) is 3. The molecule has 4 nitrogen and oxygen atoms in total. The van der Waals surface area contributed by atoms with Crippen LogP contribution in [0.25, 0.3) is 21.9 Å². The summed E-state index contributed by atoms with van der Waals surface area (Å²) >= 11 is 0. The highest BCUT2D eigenvalue weighted by atomic mass is 16.5. The molecule has 1 heterocycles. The van der Waals surface area contributed by atoms with Gasteiger partial charge in [0.1, 0.15) is 17.6 Å². The molecule has 0 unspecified atom stereocenters. The van der Waals surface area contributed by atoms with Gasteiger partial charge in [0.05, 0.1) is 13.0 Å². The Morgan fingerprint density at radius 2 is 1.91 bits per heavy atom. The summed E-state index contributed by atoms with van der Waals surface area (Å²) in [7, 11) is 0. The predicted molar refractivity (Wildman–Crippen MR) is 133 cm³/mol. The van der Waals surface area contributed by atoms with Crippen LogP contribution in [0.5, 0.6) is 11.5 Å². The highest BCUT2D eigenvalue weighted by Gasteiger charge is 2.30. The molecule has 4 aromatic carbocycles. The molecule has 0 aromatic heterocycles. The fraction of sp³-hybridized carbons (Fsp3) is 0.233. The molecule has 0 amide bonds. The average Bonchev–Trinajstić information content (AvgIpc) is 3.43. The molecular formula is C30H26O4. The van der Waals surface area contributed by atoms with Crippen molar-refractivity contribution in [1.82, 2.24) is 0 Å². The summed E-state index contributed by atoms with van der Waals surface area (Å²) in [5, 5.41) is 11.7. The lowest BCUT2D eigenvalue weighted by Gasteiger charge is -2.18. The Morgan fingerprint density at radius 1 is 1.03 bits per heavy atom. The predicted octanol–water partition coefficient (Wildman–Crippen LogP) is 6.83. The van der Waals surface area contributed by atoms with Crippen LogP contribution in [-0.4, -0.2) is 17.7 Å². The van der Waals surface area contributed by atoms with Gasteiger partial charge in [-0.05, 0) is 64.4 Å². The molecule has 34 heavy (non-hydrogen) atoms. The molecule has 1 aliphatic carbocycles. The van der Waals surface area contributed by atoms with E-state index in [4.69, 9.17) is 14.6 Å². The van der Waals surface area contributed by atoms with Gasteiger partial charge in [-0.1, -0.05) is 60.7 Å². The van der Waals surface area contributed by atoms with Crippen LogP contribution in [0, 0.1) is 6.92 Å². The van der Waals surface area contributed by atoms with E-state index < -0.39 is 5.97 Å². The Morgan fingerprint density at radius 3 is 2.79 bits per heavy atom. The third-order valence-corrected chi connectivity index (χ3v) is 7.19. The first-order valence-corrected chi connectivity index (χ1v) is 11.8. The molecule has 0 fully saturated rings. The molecule has 0 saturated heterocycles. The van der Waals surface area contributed by atoms with Crippen LogP contribution in [-0.2, 0) is 11.2 Å². The number of aliphatic carboxylic acids is 1. The third kappa shape index (κ3) is 3.50. The highest BCUT2D eigenvalue weighted by Crippen LogP contribution is 2.44. The maximum atomic E-state index is 11.1. The van der Waals surface area contributed by atoms with Gasteiger partial charge in [0.25, 0.3) is 0 Å². The highest BCUT2D eigenvalue weighted by molar-refractivity contribution is 5.99. The first-order valence-electron chi connectivity index (χ1n) is 11.8. The van der Waals surface area contributed by atoms with Crippen LogP contribution < -0.4 is 9.47 Å². The van der Waals surface area contributed by atoms with Crippen molar-refractivity contribution in [2.24, 2.45) is 0 Å². The molecule has 2 aliphatic rings. The third-order valence-electron chi connectivity index (χ3n) is 7.19. The van der Waals surface area contributed by atoms with Crippen LogP contribution in [0.3, 0.4) is 0 Å². The van der Waals surface area contributed by atoms with Gasteiger partial charge in [0, 0.05) is 17.5 Å². The lowest BCUT2D eigenvalue weighted by atomic mass is 9.90. The first-order chi connectivity index (χ1) is 16.6. The molecule has 170 valence electrons. The summed E-state index contributed by atoms with van der Waals surface area (Å²) < 4.78 is 12.2. The number of carbonyl (C=O) groups is 1. The quantitative estimate of drug-likeness (QED) is 0.362. The number of fused-ring (bicyclic) bond motifs is 3. The number of carboxylic acid groups (broad SMARTS) is 1. The largest absolute Gasteiger partial charge is 0.492 e. The molecule has 4 aromatic rings. The molecule has 2 atom stereocenters. The Labute approximate surface area is 198 Å². The summed E-state index contributed by atoms with van der Waals surface area (Å²) in [6.45, 7) is 2.59. The second-order valence-electron chi connectivity index (χ2n) is 9.30. The smallest absolute Gasteiger partial charge is 0.304 e. The summed E-state index contributed by atoms with van der Waals surface area (Å²) in [6, 6.07) is 25.4. The van der Waals surface area contributed by atoms with E-state index in [1.54, 1.807) is 0 Å². The van der Waals surface area contributed by atoms with Gasteiger partial charge in [0.15, 0.2) is 0 Å². The van der Waals surface area contributed by atoms with Crippen molar-refractivity contribution in [2.45, 2.75) is 38.2 Å².